The summed E-state index contributed by atoms with van der Waals surface area (Å²) in [7, 11) is -4.24. The van der Waals surface area contributed by atoms with Crippen LogP contribution in [0.5, 0.6) is 5.75 Å². The Labute approximate surface area is 257 Å². The highest BCUT2D eigenvalue weighted by Crippen LogP contribution is 2.27. The van der Waals surface area contributed by atoms with E-state index in [9.17, 15) is 22.4 Å². The minimum absolute atomic E-state index is 0.0174. The number of ether oxygens (including phenoxy) is 1. The lowest BCUT2D eigenvalue weighted by Crippen LogP contribution is -2.53. The van der Waals surface area contributed by atoms with Crippen LogP contribution in [0.4, 0.5) is 10.1 Å². The molecule has 0 saturated heterocycles. The standard InChI is InChI=1S/C32H37ClFN3O5S/c1-3-42-29-17-15-28(16-18-29)37(43(40,41)30-19-11-25(33)12-20-30)22-31(38)36(21-24-9-13-26(34)14-10-24)23(2)32(39)35-27-7-5-4-6-8-27/h9-20,23,27H,3-8,21-22H2,1-2H3,(H,35,39)/t23-/m0/s1. The summed E-state index contributed by atoms with van der Waals surface area (Å²) >= 11 is 6.01. The van der Waals surface area contributed by atoms with Gasteiger partial charge in [-0.3, -0.25) is 13.9 Å². The van der Waals surface area contributed by atoms with E-state index >= 15 is 0 Å². The molecule has 1 aliphatic carbocycles. The third-order valence-corrected chi connectivity index (χ3v) is 9.54. The van der Waals surface area contributed by atoms with Crippen molar-refractivity contribution in [3.63, 3.8) is 0 Å². The van der Waals surface area contributed by atoms with Gasteiger partial charge in [-0.25, -0.2) is 12.8 Å². The van der Waals surface area contributed by atoms with Crippen LogP contribution in [-0.4, -0.2) is 50.4 Å². The number of anilines is 1. The highest BCUT2D eigenvalue weighted by molar-refractivity contribution is 7.92. The molecule has 1 aliphatic rings. The Morgan fingerprint density at radius 2 is 1.60 bits per heavy atom. The van der Waals surface area contributed by atoms with E-state index in [0.29, 0.717) is 22.9 Å². The lowest BCUT2D eigenvalue weighted by Gasteiger charge is -2.33. The van der Waals surface area contributed by atoms with E-state index in [1.54, 1.807) is 31.2 Å². The van der Waals surface area contributed by atoms with Gasteiger partial charge in [0.25, 0.3) is 10.0 Å². The molecule has 2 amide bonds. The Morgan fingerprint density at radius 1 is 0.977 bits per heavy atom. The van der Waals surface area contributed by atoms with Gasteiger partial charge < -0.3 is 15.0 Å². The van der Waals surface area contributed by atoms with E-state index in [0.717, 1.165) is 36.4 Å². The fraction of sp³-hybridized carbons (Fsp3) is 0.375. The van der Waals surface area contributed by atoms with Gasteiger partial charge in [0.1, 0.15) is 24.2 Å². The van der Waals surface area contributed by atoms with Crippen LogP contribution in [0, 0.1) is 5.82 Å². The van der Waals surface area contributed by atoms with Crippen molar-refractivity contribution in [2.75, 3.05) is 17.5 Å². The molecule has 0 unspecified atom stereocenters. The number of nitrogens with zero attached hydrogens (tertiary/aromatic N) is 2. The molecule has 1 N–H and O–H groups in total. The topological polar surface area (TPSA) is 96.0 Å². The van der Waals surface area contributed by atoms with Gasteiger partial charge in [0.15, 0.2) is 0 Å². The van der Waals surface area contributed by atoms with Gasteiger partial charge in [0.2, 0.25) is 11.8 Å². The monoisotopic (exact) mass is 629 g/mol. The number of rotatable bonds is 12. The third kappa shape index (κ3) is 8.48. The summed E-state index contributed by atoms with van der Waals surface area (Å²) in [4.78, 5) is 28.7. The van der Waals surface area contributed by atoms with Crippen LogP contribution >= 0.6 is 11.6 Å². The minimum Gasteiger partial charge on any atom is -0.494 e. The van der Waals surface area contributed by atoms with Gasteiger partial charge >= 0.3 is 0 Å². The van der Waals surface area contributed by atoms with Crippen molar-refractivity contribution in [3.05, 3.63) is 89.2 Å². The molecule has 1 atom stereocenters. The molecule has 0 aromatic heterocycles. The van der Waals surface area contributed by atoms with Crippen LogP contribution in [0.25, 0.3) is 0 Å². The zero-order valence-electron chi connectivity index (χ0n) is 24.3. The predicted molar refractivity (Wildman–Crippen MR) is 165 cm³/mol. The van der Waals surface area contributed by atoms with Crippen LogP contribution in [0.3, 0.4) is 0 Å². The van der Waals surface area contributed by atoms with E-state index in [4.69, 9.17) is 16.3 Å². The number of carbonyl (C=O) groups excluding carboxylic acids is 2. The molecule has 11 heteroatoms. The predicted octanol–water partition coefficient (Wildman–Crippen LogP) is 5.94. The van der Waals surface area contributed by atoms with Crippen molar-refractivity contribution >= 4 is 39.1 Å². The molecular formula is C32H37ClFN3O5S. The summed E-state index contributed by atoms with van der Waals surface area (Å²) < 4.78 is 48.0. The van der Waals surface area contributed by atoms with E-state index in [2.05, 4.69) is 5.32 Å². The number of nitrogens with one attached hydrogen (secondary N) is 1. The number of carbonyl (C=O) groups is 2. The highest BCUT2D eigenvalue weighted by Gasteiger charge is 2.33. The average molecular weight is 630 g/mol. The summed E-state index contributed by atoms with van der Waals surface area (Å²) in [6, 6.07) is 16.8. The van der Waals surface area contributed by atoms with Gasteiger partial charge in [-0.2, -0.15) is 0 Å². The fourth-order valence-corrected chi connectivity index (χ4v) is 6.62. The second-order valence-corrected chi connectivity index (χ2v) is 12.9. The molecule has 0 radical (unpaired) electrons. The van der Waals surface area contributed by atoms with Crippen LogP contribution in [-0.2, 0) is 26.2 Å². The molecule has 0 bridgehead atoms. The van der Waals surface area contributed by atoms with Gasteiger partial charge in [-0.05, 0) is 92.9 Å². The Balaban J connectivity index is 1.67. The van der Waals surface area contributed by atoms with Gasteiger partial charge in [0, 0.05) is 17.6 Å². The molecule has 0 heterocycles. The number of halogens is 2. The first-order chi connectivity index (χ1) is 20.6. The van der Waals surface area contributed by atoms with E-state index < -0.39 is 34.3 Å². The Kier molecular flexibility index (Phi) is 11.0. The summed E-state index contributed by atoms with van der Waals surface area (Å²) in [5, 5.41) is 3.43. The van der Waals surface area contributed by atoms with Crippen molar-refractivity contribution in [1.29, 1.82) is 0 Å². The van der Waals surface area contributed by atoms with Crippen molar-refractivity contribution in [3.8, 4) is 5.75 Å². The van der Waals surface area contributed by atoms with Gasteiger partial charge in [-0.15, -0.1) is 0 Å². The van der Waals surface area contributed by atoms with Crippen molar-refractivity contribution in [1.82, 2.24) is 10.2 Å². The molecule has 230 valence electrons. The van der Waals surface area contributed by atoms with Crippen molar-refractivity contribution < 1.29 is 27.1 Å². The van der Waals surface area contributed by atoms with Crippen LogP contribution in [0.2, 0.25) is 5.02 Å². The Hall–Kier alpha value is -3.63. The number of benzene rings is 3. The average Bonchev–Trinajstić information content (AvgIpc) is 3.00. The van der Waals surface area contributed by atoms with Crippen molar-refractivity contribution in [2.45, 2.75) is 69.5 Å². The largest absolute Gasteiger partial charge is 0.494 e. The normalized spacial score (nSPS) is 14.5. The second kappa shape index (κ2) is 14.7. The van der Waals surface area contributed by atoms with Crippen LogP contribution in [0.1, 0.15) is 51.5 Å². The highest BCUT2D eigenvalue weighted by atomic mass is 35.5. The number of amides is 2. The number of sulfonamides is 1. The summed E-state index contributed by atoms with van der Waals surface area (Å²) in [6.45, 7) is 3.29. The smallest absolute Gasteiger partial charge is 0.264 e. The Bertz CT molecular complexity index is 1480. The maximum atomic E-state index is 14.1. The summed E-state index contributed by atoms with van der Waals surface area (Å²) in [5.74, 6) is -0.801. The maximum absolute atomic E-state index is 14.1. The Morgan fingerprint density at radius 3 is 2.21 bits per heavy atom. The van der Waals surface area contributed by atoms with Crippen LogP contribution in [0.15, 0.2) is 77.7 Å². The van der Waals surface area contributed by atoms with Gasteiger partial charge in [0.05, 0.1) is 17.2 Å². The number of hydrogen-bond acceptors (Lipinski definition) is 5. The minimum atomic E-state index is -4.24. The summed E-state index contributed by atoms with van der Waals surface area (Å²) in [5.41, 5.74) is 0.841. The molecule has 3 aromatic carbocycles. The molecular weight excluding hydrogens is 593 g/mol. The SMILES string of the molecule is CCOc1ccc(N(CC(=O)N(Cc2ccc(F)cc2)[C@@H](C)C(=O)NC2CCCCC2)S(=O)(=O)c2ccc(Cl)cc2)cc1. The molecule has 43 heavy (non-hydrogen) atoms. The lowest BCUT2D eigenvalue weighted by molar-refractivity contribution is -0.139. The molecule has 0 spiro atoms. The van der Waals surface area contributed by atoms with Crippen molar-refractivity contribution in [2.24, 2.45) is 0 Å². The first-order valence-electron chi connectivity index (χ1n) is 14.4. The van der Waals surface area contributed by atoms with E-state index in [1.807, 2.05) is 6.92 Å². The fourth-order valence-electron chi connectivity index (χ4n) is 5.08. The molecule has 0 aliphatic heterocycles. The van der Waals surface area contributed by atoms with E-state index in [-0.39, 0.29) is 29.1 Å². The van der Waals surface area contributed by atoms with Gasteiger partial charge in [-0.1, -0.05) is 43.0 Å². The molecule has 1 saturated carbocycles. The van der Waals surface area contributed by atoms with Crippen LogP contribution < -0.4 is 14.4 Å². The zero-order valence-corrected chi connectivity index (χ0v) is 25.9. The molecule has 1 fully saturated rings. The lowest BCUT2D eigenvalue weighted by atomic mass is 9.95. The first-order valence-corrected chi connectivity index (χ1v) is 16.3. The molecule has 3 aromatic rings. The maximum Gasteiger partial charge on any atom is 0.264 e. The number of hydrogen-bond donors (Lipinski definition) is 1. The van der Waals surface area contributed by atoms with E-state index in [1.165, 1.54) is 53.4 Å². The zero-order chi connectivity index (χ0) is 31.0. The molecule has 4 rings (SSSR count). The first kappa shape index (κ1) is 32.3. The third-order valence-electron chi connectivity index (χ3n) is 7.50. The second-order valence-electron chi connectivity index (χ2n) is 10.6. The summed E-state index contributed by atoms with van der Waals surface area (Å²) in [6.07, 6.45) is 4.92. The quantitative estimate of drug-likeness (QED) is 0.268. The molecule has 8 nitrogen and oxygen atoms in total.